The molecule has 0 fully saturated rings. The first-order chi connectivity index (χ1) is 16.7. The molecule has 3 aromatic carbocycles. The highest BCUT2D eigenvalue weighted by molar-refractivity contribution is 6.48. The highest BCUT2D eigenvalue weighted by Gasteiger charge is 2.22. The van der Waals surface area contributed by atoms with Crippen LogP contribution in [0.1, 0.15) is 28.4 Å². The zero-order valence-corrected chi connectivity index (χ0v) is 18.7. The summed E-state index contributed by atoms with van der Waals surface area (Å²) in [6.45, 7) is 1.29. The van der Waals surface area contributed by atoms with Crippen molar-refractivity contribution in [3.63, 3.8) is 0 Å². The fraction of sp³-hybridized carbons (Fsp3) is 0.0800. The number of carbonyl (C=O) groups excluding carboxylic acids is 2. The lowest BCUT2D eigenvalue weighted by atomic mass is 9.97. The first-order valence-corrected chi connectivity index (χ1v) is 10.1. The molecule has 0 saturated heterocycles. The Bertz CT molecular complexity index is 1410. The third kappa shape index (κ3) is 5.26. The molecule has 0 aromatic heterocycles. The number of phenolic OH excluding ortho intramolecular Hbond substituents is 1. The standard InChI is InChI=1S/C25H20N4O6/c1-13(30)28-20-10-18(21(31)11-16(20)15-5-3-4-6-22(15)35-2)23(27)24(32)29-19-8-7-14(12-26)9-17(19)25(33)34/h3-11,27,31H,1-2H3,(H,28,30)(H,29,32)(H,33,34). The summed E-state index contributed by atoms with van der Waals surface area (Å²) in [7, 11) is 1.47. The molecule has 10 heteroatoms. The van der Waals surface area contributed by atoms with Gasteiger partial charge in [-0.05, 0) is 36.4 Å². The quantitative estimate of drug-likeness (QED) is 0.258. The SMILES string of the molecule is COc1ccccc1-c1cc(O)c(C(=N)C(=O)Nc2ccc(C#N)cc2C(=O)O)cc1NC(C)=O. The molecule has 0 radical (unpaired) electrons. The number of hydrogen-bond acceptors (Lipinski definition) is 7. The fourth-order valence-corrected chi connectivity index (χ4v) is 3.38. The summed E-state index contributed by atoms with van der Waals surface area (Å²) in [4.78, 5) is 36.1. The van der Waals surface area contributed by atoms with E-state index in [4.69, 9.17) is 15.4 Å². The lowest BCUT2D eigenvalue weighted by molar-refractivity contribution is -0.114. The predicted molar refractivity (Wildman–Crippen MR) is 128 cm³/mol. The van der Waals surface area contributed by atoms with E-state index in [9.17, 15) is 24.6 Å². The van der Waals surface area contributed by atoms with Crippen molar-refractivity contribution in [2.75, 3.05) is 17.7 Å². The smallest absolute Gasteiger partial charge is 0.337 e. The molecular formula is C25H20N4O6. The summed E-state index contributed by atoms with van der Waals surface area (Å²) in [5, 5.41) is 42.3. The van der Waals surface area contributed by atoms with Gasteiger partial charge in [0.1, 0.15) is 17.2 Å². The minimum atomic E-state index is -1.37. The van der Waals surface area contributed by atoms with Crippen LogP contribution in [-0.4, -0.2) is 40.8 Å². The van der Waals surface area contributed by atoms with Crippen LogP contribution in [0.4, 0.5) is 11.4 Å². The number of anilines is 2. The Balaban J connectivity index is 2.03. The van der Waals surface area contributed by atoms with E-state index in [1.54, 1.807) is 24.3 Å². The second-order valence-electron chi connectivity index (χ2n) is 7.30. The molecule has 0 spiro atoms. The van der Waals surface area contributed by atoms with Crippen LogP contribution in [0.15, 0.2) is 54.6 Å². The summed E-state index contributed by atoms with van der Waals surface area (Å²) in [5.41, 5.74) is -0.0836. The molecule has 35 heavy (non-hydrogen) atoms. The van der Waals surface area contributed by atoms with Crippen LogP contribution >= 0.6 is 0 Å². The van der Waals surface area contributed by atoms with E-state index >= 15 is 0 Å². The number of aromatic hydroxyl groups is 1. The van der Waals surface area contributed by atoms with Gasteiger partial charge in [0.15, 0.2) is 0 Å². The topological polar surface area (TPSA) is 173 Å². The number of benzene rings is 3. The molecule has 10 nitrogen and oxygen atoms in total. The number of nitrogens with zero attached hydrogens (tertiary/aromatic N) is 1. The minimum Gasteiger partial charge on any atom is -0.507 e. The van der Waals surface area contributed by atoms with Gasteiger partial charge in [0.2, 0.25) is 5.91 Å². The Morgan fingerprint density at radius 1 is 0.971 bits per heavy atom. The minimum absolute atomic E-state index is 0.0833. The number of para-hydroxylation sites is 1. The zero-order chi connectivity index (χ0) is 25.7. The summed E-state index contributed by atoms with van der Waals surface area (Å²) in [6, 6.07) is 14.9. The maximum absolute atomic E-state index is 12.8. The highest BCUT2D eigenvalue weighted by atomic mass is 16.5. The van der Waals surface area contributed by atoms with E-state index in [-0.39, 0.29) is 28.1 Å². The number of carboxylic acids is 1. The van der Waals surface area contributed by atoms with Crippen molar-refractivity contribution in [2.24, 2.45) is 0 Å². The largest absolute Gasteiger partial charge is 0.507 e. The fourth-order valence-electron chi connectivity index (χ4n) is 3.38. The first kappa shape index (κ1) is 24.5. The molecule has 5 N–H and O–H groups in total. The van der Waals surface area contributed by atoms with E-state index in [0.29, 0.717) is 16.9 Å². The molecule has 0 unspecified atom stereocenters. The van der Waals surface area contributed by atoms with Gasteiger partial charge in [0.05, 0.1) is 30.0 Å². The molecule has 3 aromatic rings. The van der Waals surface area contributed by atoms with Crippen LogP contribution in [-0.2, 0) is 9.59 Å². The molecule has 0 aliphatic rings. The van der Waals surface area contributed by atoms with Crippen molar-refractivity contribution < 1.29 is 29.3 Å². The molecule has 176 valence electrons. The second-order valence-corrected chi connectivity index (χ2v) is 7.30. The number of carboxylic acid groups (broad SMARTS) is 1. The lowest BCUT2D eigenvalue weighted by Gasteiger charge is -2.17. The molecule has 0 heterocycles. The summed E-state index contributed by atoms with van der Waals surface area (Å²) in [5.74, 6) is -2.75. The third-order valence-corrected chi connectivity index (χ3v) is 4.97. The normalized spacial score (nSPS) is 10.1. The number of carbonyl (C=O) groups is 3. The highest BCUT2D eigenvalue weighted by Crippen LogP contribution is 2.39. The molecular weight excluding hydrogens is 452 g/mol. The number of nitriles is 1. The summed E-state index contributed by atoms with van der Waals surface area (Å²) < 4.78 is 5.36. The average molecular weight is 472 g/mol. The molecule has 2 amide bonds. The summed E-state index contributed by atoms with van der Waals surface area (Å²) >= 11 is 0. The van der Waals surface area contributed by atoms with Gasteiger partial charge in [-0.25, -0.2) is 4.79 Å². The van der Waals surface area contributed by atoms with Crippen molar-refractivity contribution >= 4 is 34.9 Å². The number of rotatable bonds is 7. The van der Waals surface area contributed by atoms with Crippen LogP contribution in [0.5, 0.6) is 11.5 Å². The van der Waals surface area contributed by atoms with Crippen molar-refractivity contribution in [2.45, 2.75) is 6.92 Å². The molecule has 0 saturated carbocycles. The number of amides is 2. The van der Waals surface area contributed by atoms with Gasteiger partial charge < -0.3 is 25.6 Å². The molecule has 0 bridgehead atoms. The Hall–Kier alpha value is -5.17. The van der Waals surface area contributed by atoms with Gasteiger partial charge in [0.25, 0.3) is 5.91 Å². The monoisotopic (exact) mass is 472 g/mol. The van der Waals surface area contributed by atoms with Gasteiger partial charge in [0, 0.05) is 29.3 Å². The van der Waals surface area contributed by atoms with Gasteiger partial charge in [-0.3, -0.25) is 15.0 Å². The summed E-state index contributed by atoms with van der Waals surface area (Å²) in [6.07, 6.45) is 0. The van der Waals surface area contributed by atoms with E-state index in [2.05, 4.69) is 10.6 Å². The van der Waals surface area contributed by atoms with E-state index in [1.807, 2.05) is 6.07 Å². The van der Waals surface area contributed by atoms with Crippen LogP contribution in [0.25, 0.3) is 11.1 Å². The predicted octanol–water partition coefficient (Wildman–Crippen LogP) is 3.60. The molecule has 0 atom stereocenters. The van der Waals surface area contributed by atoms with Gasteiger partial charge >= 0.3 is 5.97 Å². The number of nitrogens with one attached hydrogen (secondary N) is 3. The maximum Gasteiger partial charge on any atom is 0.337 e. The van der Waals surface area contributed by atoms with Crippen LogP contribution in [0.2, 0.25) is 0 Å². The van der Waals surface area contributed by atoms with Crippen molar-refractivity contribution in [3.05, 3.63) is 71.3 Å². The van der Waals surface area contributed by atoms with E-state index in [0.717, 1.165) is 6.07 Å². The molecule has 0 aliphatic carbocycles. The zero-order valence-electron chi connectivity index (χ0n) is 18.7. The van der Waals surface area contributed by atoms with Gasteiger partial charge in [-0.2, -0.15) is 5.26 Å². The second kappa shape index (κ2) is 10.2. The van der Waals surface area contributed by atoms with Crippen molar-refractivity contribution in [3.8, 4) is 28.7 Å². The van der Waals surface area contributed by atoms with Gasteiger partial charge in [-0.1, -0.05) is 18.2 Å². The van der Waals surface area contributed by atoms with Crippen LogP contribution < -0.4 is 15.4 Å². The third-order valence-electron chi connectivity index (χ3n) is 4.97. The van der Waals surface area contributed by atoms with Crippen LogP contribution in [0, 0.1) is 16.7 Å². The number of methoxy groups -OCH3 is 1. The average Bonchev–Trinajstić information content (AvgIpc) is 2.84. The lowest BCUT2D eigenvalue weighted by Crippen LogP contribution is -2.24. The number of aromatic carboxylic acids is 1. The van der Waals surface area contributed by atoms with Crippen LogP contribution in [0.3, 0.4) is 0 Å². The first-order valence-electron chi connectivity index (χ1n) is 10.1. The van der Waals surface area contributed by atoms with E-state index < -0.39 is 29.2 Å². The number of ether oxygens (including phenoxy) is 1. The Kier molecular flexibility index (Phi) is 7.12. The molecule has 0 aliphatic heterocycles. The Labute approximate surface area is 199 Å². The van der Waals surface area contributed by atoms with E-state index in [1.165, 1.54) is 38.3 Å². The maximum atomic E-state index is 12.8. The number of phenols is 1. The number of hydrogen-bond donors (Lipinski definition) is 5. The Morgan fingerprint density at radius 3 is 2.31 bits per heavy atom. The van der Waals surface area contributed by atoms with Crippen molar-refractivity contribution in [1.82, 2.24) is 0 Å². The Morgan fingerprint density at radius 2 is 1.69 bits per heavy atom. The molecule has 3 rings (SSSR count). The van der Waals surface area contributed by atoms with Gasteiger partial charge in [-0.15, -0.1) is 0 Å². The van der Waals surface area contributed by atoms with Crippen molar-refractivity contribution in [1.29, 1.82) is 10.7 Å².